The number of hydrogen-bond acceptors (Lipinski definition) is 6. The average Bonchev–Trinajstić information content (AvgIpc) is 2.58. The van der Waals surface area contributed by atoms with Crippen molar-refractivity contribution in [1.82, 2.24) is 9.97 Å². The number of aryl methyl sites for hydroxylation is 1. The summed E-state index contributed by atoms with van der Waals surface area (Å²) in [6.45, 7) is 1.32. The van der Waals surface area contributed by atoms with E-state index in [4.69, 9.17) is 10.3 Å². The first-order chi connectivity index (χ1) is 11.5. The Morgan fingerprint density at radius 3 is 2.92 bits per heavy atom. The Hall–Kier alpha value is -2.97. The van der Waals surface area contributed by atoms with E-state index in [2.05, 4.69) is 20.4 Å². The first-order valence-corrected chi connectivity index (χ1v) is 6.82. The SMILES string of the molecule is Cc1nc(OC/C(=C/Nc2cccc(C(F)F)c2)N=N)ncc1F. The lowest BCUT2D eigenvalue weighted by Crippen LogP contribution is -2.05. The Morgan fingerprint density at radius 1 is 1.46 bits per heavy atom. The molecule has 0 aliphatic carbocycles. The first-order valence-electron chi connectivity index (χ1n) is 6.82. The van der Waals surface area contributed by atoms with Gasteiger partial charge in [0.1, 0.15) is 12.3 Å². The summed E-state index contributed by atoms with van der Waals surface area (Å²) in [5, 5.41) is 6.02. The minimum absolute atomic E-state index is 0.0526. The first kappa shape index (κ1) is 17.4. The highest BCUT2D eigenvalue weighted by Crippen LogP contribution is 2.21. The number of ether oxygens (including phenoxy) is 1. The number of benzene rings is 1. The molecule has 126 valence electrons. The molecule has 2 N–H and O–H groups in total. The largest absolute Gasteiger partial charge is 0.457 e. The minimum Gasteiger partial charge on any atom is -0.457 e. The quantitative estimate of drug-likeness (QED) is 0.741. The zero-order valence-electron chi connectivity index (χ0n) is 12.6. The fourth-order valence-corrected chi connectivity index (χ4v) is 1.68. The Bertz CT molecular complexity index is 752. The van der Waals surface area contributed by atoms with Crippen molar-refractivity contribution in [2.45, 2.75) is 13.3 Å². The van der Waals surface area contributed by atoms with Crippen molar-refractivity contribution < 1.29 is 17.9 Å². The van der Waals surface area contributed by atoms with Crippen molar-refractivity contribution in [2.75, 3.05) is 11.9 Å². The maximum Gasteiger partial charge on any atom is 0.317 e. The number of halogens is 3. The van der Waals surface area contributed by atoms with Crippen molar-refractivity contribution in [3.63, 3.8) is 0 Å². The number of alkyl halides is 2. The molecule has 0 fully saturated rings. The molecule has 2 aromatic rings. The van der Waals surface area contributed by atoms with E-state index >= 15 is 0 Å². The van der Waals surface area contributed by atoms with Gasteiger partial charge in [-0.2, -0.15) is 10.1 Å². The molecule has 1 aromatic heterocycles. The number of nitrogens with zero attached hydrogens (tertiary/aromatic N) is 3. The second kappa shape index (κ2) is 8.04. The van der Waals surface area contributed by atoms with Crippen LogP contribution in [0.2, 0.25) is 0 Å². The maximum absolute atomic E-state index is 13.1. The van der Waals surface area contributed by atoms with Gasteiger partial charge in [0, 0.05) is 17.5 Å². The molecular weight excluding hydrogens is 323 g/mol. The molecule has 0 amide bonds. The second-order valence-electron chi connectivity index (χ2n) is 4.69. The molecule has 9 heteroatoms. The highest BCUT2D eigenvalue weighted by molar-refractivity contribution is 5.48. The minimum atomic E-state index is -2.57. The van der Waals surface area contributed by atoms with Crippen LogP contribution in [0.1, 0.15) is 17.7 Å². The Labute approximate surface area is 135 Å². The molecule has 0 spiro atoms. The van der Waals surface area contributed by atoms with Gasteiger partial charge >= 0.3 is 6.01 Å². The van der Waals surface area contributed by atoms with Gasteiger partial charge in [-0.3, -0.25) is 0 Å². The standard InChI is InChI=1S/C15H14F3N5O/c1-9-13(16)7-21-15(22-9)24-8-12(23-19)6-20-11-4-2-3-10(5-11)14(17)18/h2-7,14,19-20H,8H2,1H3/b12-6-,23-19?. The van der Waals surface area contributed by atoms with Crippen LogP contribution in [0.4, 0.5) is 18.9 Å². The average molecular weight is 337 g/mol. The lowest BCUT2D eigenvalue weighted by molar-refractivity contribution is 0.151. The van der Waals surface area contributed by atoms with Gasteiger partial charge in [0.25, 0.3) is 6.43 Å². The summed E-state index contributed by atoms with van der Waals surface area (Å²) < 4.78 is 43.5. The molecule has 0 aliphatic heterocycles. The lowest BCUT2D eigenvalue weighted by atomic mass is 10.2. The molecule has 6 nitrogen and oxygen atoms in total. The summed E-state index contributed by atoms with van der Waals surface area (Å²) >= 11 is 0. The third-order valence-electron chi connectivity index (χ3n) is 2.93. The molecule has 0 atom stereocenters. The number of hydrogen-bond donors (Lipinski definition) is 2. The summed E-state index contributed by atoms with van der Waals surface area (Å²) in [6.07, 6.45) is -0.251. The number of anilines is 1. The van der Waals surface area contributed by atoms with E-state index in [0.717, 1.165) is 6.20 Å². The summed E-state index contributed by atoms with van der Waals surface area (Å²) in [4.78, 5) is 7.44. The topological polar surface area (TPSA) is 83.2 Å². The summed E-state index contributed by atoms with van der Waals surface area (Å²) in [6, 6.07) is 5.63. The van der Waals surface area contributed by atoms with E-state index in [9.17, 15) is 13.2 Å². The van der Waals surface area contributed by atoms with Crippen molar-refractivity contribution in [2.24, 2.45) is 5.11 Å². The van der Waals surface area contributed by atoms with Gasteiger partial charge in [0.2, 0.25) is 0 Å². The van der Waals surface area contributed by atoms with E-state index in [1.165, 1.54) is 31.3 Å². The van der Waals surface area contributed by atoms with Gasteiger partial charge in [-0.15, -0.1) is 0 Å². The van der Waals surface area contributed by atoms with Crippen molar-refractivity contribution in [3.8, 4) is 6.01 Å². The molecule has 1 heterocycles. The zero-order chi connectivity index (χ0) is 17.5. The maximum atomic E-state index is 13.1. The smallest absolute Gasteiger partial charge is 0.317 e. The van der Waals surface area contributed by atoms with Crippen molar-refractivity contribution >= 4 is 5.69 Å². The third kappa shape index (κ3) is 4.77. The molecule has 1 aromatic carbocycles. The predicted octanol–water partition coefficient (Wildman–Crippen LogP) is 4.22. The van der Waals surface area contributed by atoms with E-state index in [-0.39, 0.29) is 29.6 Å². The Kier molecular flexibility index (Phi) is 5.83. The normalized spacial score (nSPS) is 11.5. The highest BCUT2D eigenvalue weighted by atomic mass is 19.3. The van der Waals surface area contributed by atoms with Gasteiger partial charge in [0.15, 0.2) is 5.82 Å². The van der Waals surface area contributed by atoms with Gasteiger partial charge in [0.05, 0.1) is 11.9 Å². The van der Waals surface area contributed by atoms with Crippen LogP contribution >= 0.6 is 0 Å². The Morgan fingerprint density at radius 2 is 2.25 bits per heavy atom. The van der Waals surface area contributed by atoms with Crippen LogP contribution in [0.15, 0.2) is 47.5 Å². The van der Waals surface area contributed by atoms with Crippen molar-refractivity contribution in [3.05, 3.63) is 59.4 Å². The van der Waals surface area contributed by atoms with E-state index < -0.39 is 12.2 Å². The van der Waals surface area contributed by atoms with E-state index in [1.807, 2.05) is 0 Å². The van der Waals surface area contributed by atoms with Gasteiger partial charge in [-0.25, -0.2) is 23.7 Å². The fourth-order valence-electron chi connectivity index (χ4n) is 1.68. The van der Waals surface area contributed by atoms with E-state index in [1.54, 1.807) is 6.07 Å². The summed E-state index contributed by atoms with van der Waals surface area (Å²) in [5.74, 6) is -0.552. The van der Waals surface area contributed by atoms with E-state index in [0.29, 0.717) is 5.69 Å². The van der Waals surface area contributed by atoms with Crippen LogP contribution in [0, 0.1) is 18.3 Å². The van der Waals surface area contributed by atoms with Crippen LogP contribution in [0.3, 0.4) is 0 Å². The molecule has 0 saturated carbocycles. The molecule has 0 aliphatic rings. The molecule has 2 rings (SSSR count). The van der Waals surface area contributed by atoms with Crippen LogP contribution in [0.5, 0.6) is 6.01 Å². The van der Waals surface area contributed by atoms with Crippen LogP contribution < -0.4 is 10.1 Å². The van der Waals surface area contributed by atoms with Crippen LogP contribution in [-0.4, -0.2) is 16.6 Å². The lowest BCUT2D eigenvalue weighted by Gasteiger charge is -2.07. The molecule has 0 unspecified atom stereocenters. The monoisotopic (exact) mass is 337 g/mol. The van der Waals surface area contributed by atoms with Crippen molar-refractivity contribution in [1.29, 1.82) is 5.53 Å². The Balaban J connectivity index is 2.00. The fraction of sp³-hybridized carbons (Fsp3) is 0.200. The third-order valence-corrected chi connectivity index (χ3v) is 2.93. The molecule has 0 bridgehead atoms. The highest BCUT2D eigenvalue weighted by Gasteiger charge is 2.07. The van der Waals surface area contributed by atoms with Crippen LogP contribution in [-0.2, 0) is 0 Å². The molecule has 24 heavy (non-hydrogen) atoms. The predicted molar refractivity (Wildman–Crippen MR) is 80.5 cm³/mol. The van der Waals surface area contributed by atoms with Gasteiger partial charge in [-0.1, -0.05) is 12.1 Å². The molecule has 0 radical (unpaired) electrons. The molecule has 0 saturated heterocycles. The number of nitrogens with one attached hydrogen (secondary N) is 2. The summed E-state index contributed by atoms with van der Waals surface area (Å²) in [7, 11) is 0. The molecular formula is C15H14F3N5O. The van der Waals surface area contributed by atoms with Gasteiger partial charge in [-0.05, 0) is 19.1 Å². The summed E-state index contributed by atoms with van der Waals surface area (Å²) in [5.41, 5.74) is 7.70. The zero-order valence-corrected chi connectivity index (χ0v) is 12.6. The van der Waals surface area contributed by atoms with Gasteiger partial charge < -0.3 is 10.1 Å². The number of rotatable bonds is 7. The number of aromatic nitrogens is 2. The second-order valence-corrected chi connectivity index (χ2v) is 4.69. The van der Waals surface area contributed by atoms with Crippen LogP contribution in [0.25, 0.3) is 0 Å².